The summed E-state index contributed by atoms with van der Waals surface area (Å²) in [5, 5.41) is 6.24. The highest BCUT2D eigenvalue weighted by molar-refractivity contribution is 6.03. The molecule has 2 N–H and O–H groups in total. The SMILES string of the molecule is CCCNc1ccnc(C(=O)Nc2ccc(N(CC)CC)cc2C)c1. The second-order valence-corrected chi connectivity index (χ2v) is 5.98. The maximum atomic E-state index is 12.5. The minimum absolute atomic E-state index is 0.196. The molecule has 2 aromatic rings. The highest BCUT2D eigenvalue weighted by Gasteiger charge is 2.11. The summed E-state index contributed by atoms with van der Waals surface area (Å²) >= 11 is 0. The van der Waals surface area contributed by atoms with Crippen molar-refractivity contribution >= 4 is 23.0 Å². The fraction of sp³-hybridized carbons (Fsp3) is 0.400. The predicted molar refractivity (Wildman–Crippen MR) is 106 cm³/mol. The van der Waals surface area contributed by atoms with Crippen LogP contribution in [0.3, 0.4) is 0 Å². The van der Waals surface area contributed by atoms with E-state index in [0.29, 0.717) is 5.69 Å². The number of carbonyl (C=O) groups excluding carboxylic acids is 1. The summed E-state index contributed by atoms with van der Waals surface area (Å²) in [4.78, 5) is 19.0. The largest absolute Gasteiger partial charge is 0.385 e. The van der Waals surface area contributed by atoms with E-state index in [1.54, 1.807) is 12.3 Å². The van der Waals surface area contributed by atoms with Gasteiger partial charge in [0.2, 0.25) is 0 Å². The average Bonchev–Trinajstić information content (AvgIpc) is 2.63. The van der Waals surface area contributed by atoms with Crippen LogP contribution in [0, 0.1) is 6.92 Å². The molecule has 5 heteroatoms. The van der Waals surface area contributed by atoms with Crippen LogP contribution in [0.1, 0.15) is 43.2 Å². The van der Waals surface area contributed by atoms with Crippen LogP contribution in [-0.2, 0) is 0 Å². The summed E-state index contributed by atoms with van der Waals surface area (Å²) < 4.78 is 0. The Morgan fingerprint density at radius 2 is 1.88 bits per heavy atom. The molecular formula is C20H28N4O. The van der Waals surface area contributed by atoms with Gasteiger partial charge in [0, 0.05) is 42.9 Å². The van der Waals surface area contributed by atoms with Crippen LogP contribution in [0.2, 0.25) is 0 Å². The van der Waals surface area contributed by atoms with E-state index < -0.39 is 0 Å². The minimum Gasteiger partial charge on any atom is -0.385 e. The molecule has 0 bridgehead atoms. The molecule has 0 saturated carbocycles. The van der Waals surface area contributed by atoms with Gasteiger partial charge in [0.05, 0.1) is 0 Å². The number of hydrogen-bond donors (Lipinski definition) is 2. The number of hydrogen-bond acceptors (Lipinski definition) is 4. The summed E-state index contributed by atoms with van der Waals surface area (Å²) in [5.74, 6) is -0.196. The molecule has 1 aromatic heterocycles. The lowest BCUT2D eigenvalue weighted by atomic mass is 10.1. The molecule has 1 aromatic carbocycles. The van der Waals surface area contributed by atoms with Crippen LogP contribution in [0.15, 0.2) is 36.5 Å². The second-order valence-electron chi connectivity index (χ2n) is 5.98. The summed E-state index contributed by atoms with van der Waals surface area (Å²) in [7, 11) is 0. The first-order valence-electron chi connectivity index (χ1n) is 8.95. The second kappa shape index (κ2) is 9.06. The first-order valence-corrected chi connectivity index (χ1v) is 8.95. The normalized spacial score (nSPS) is 10.4. The topological polar surface area (TPSA) is 57.3 Å². The van der Waals surface area contributed by atoms with E-state index in [2.05, 4.69) is 47.4 Å². The zero-order chi connectivity index (χ0) is 18.2. The van der Waals surface area contributed by atoms with Crippen LogP contribution in [0.5, 0.6) is 0 Å². The van der Waals surface area contributed by atoms with E-state index in [0.717, 1.165) is 43.0 Å². The van der Waals surface area contributed by atoms with Gasteiger partial charge in [0.25, 0.3) is 5.91 Å². The molecule has 0 spiro atoms. The number of anilines is 3. The Morgan fingerprint density at radius 1 is 1.12 bits per heavy atom. The van der Waals surface area contributed by atoms with Crippen molar-refractivity contribution in [3.8, 4) is 0 Å². The third-order valence-electron chi connectivity index (χ3n) is 4.16. The number of carbonyl (C=O) groups is 1. The molecule has 0 aliphatic rings. The highest BCUT2D eigenvalue weighted by atomic mass is 16.1. The maximum Gasteiger partial charge on any atom is 0.274 e. The van der Waals surface area contributed by atoms with E-state index in [-0.39, 0.29) is 5.91 Å². The number of benzene rings is 1. The Kier molecular flexibility index (Phi) is 6.81. The molecule has 0 fully saturated rings. The van der Waals surface area contributed by atoms with Crippen molar-refractivity contribution in [2.24, 2.45) is 0 Å². The fourth-order valence-corrected chi connectivity index (χ4v) is 2.69. The van der Waals surface area contributed by atoms with Gasteiger partial charge >= 0.3 is 0 Å². The standard InChI is InChI=1S/C20H28N4O/c1-5-11-21-16-10-12-22-19(14-16)20(25)23-18-9-8-17(13-15(18)4)24(6-2)7-3/h8-10,12-14H,5-7,11H2,1-4H3,(H,21,22)(H,23,25). The van der Waals surface area contributed by atoms with Crippen molar-refractivity contribution in [2.75, 3.05) is 35.2 Å². The molecule has 0 radical (unpaired) electrons. The van der Waals surface area contributed by atoms with Crippen LogP contribution < -0.4 is 15.5 Å². The van der Waals surface area contributed by atoms with Crippen LogP contribution in [-0.4, -0.2) is 30.5 Å². The quantitative estimate of drug-likeness (QED) is 0.752. The van der Waals surface area contributed by atoms with Gasteiger partial charge in [-0.25, -0.2) is 0 Å². The number of aromatic nitrogens is 1. The van der Waals surface area contributed by atoms with Crippen molar-refractivity contribution in [3.05, 3.63) is 47.8 Å². The molecule has 25 heavy (non-hydrogen) atoms. The molecule has 5 nitrogen and oxygen atoms in total. The van der Waals surface area contributed by atoms with E-state index in [1.165, 1.54) is 5.69 Å². The van der Waals surface area contributed by atoms with Crippen LogP contribution >= 0.6 is 0 Å². The van der Waals surface area contributed by atoms with Crippen molar-refractivity contribution in [3.63, 3.8) is 0 Å². The molecule has 1 heterocycles. The molecule has 1 amide bonds. The minimum atomic E-state index is -0.196. The molecule has 0 unspecified atom stereocenters. The third kappa shape index (κ3) is 4.95. The van der Waals surface area contributed by atoms with Crippen molar-refractivity contribution in [1.82, 2.24) is 4.98 Å². The monoisotopic (exact) mass is 340 g/mol. The fourth-order valence-electron chi connectivity index (χ4n) is 2.69. The van der Waals surface area contributed by atoms with Gasteiger partial charge in [-0.15, -0.1) is 0 Å². The summed E-state index contributed by atoms with van der Waals surface area (Å²) in [5.41, 5.74) is 4.35. The Hall–Kier alpha value is -2.56. The number of nitrogens with one attached hydrogen (secondary N) is 2. The Balaban J connectivity index is 2.12. The first kappa shape index (κ1) is 18.8. The van der Waals surface area contributed by atoms with Gasteiger partial charge in [-0.2, -0.15) is 0 Å². The van der Waals surface area contributed by atoms with E-state index in [9.17, 15) is 4.79 Å². The predicted octanol–water partition coefficient (Wildman–Crippen LogP) is 4.31. The van der Waals surface area contributed by atoms with E-state index in [4.69, 9.17) is 0 Å². The van der Waals surface area contributed by atoms with Gasteiger partial charge in [-0.3, -0.25) is 9.78 Å². The number of nitrogens with zero attached hydrogens (tertiary/aromatic N) is 2. The molecule has 0 aliphatic heterocycles. The summed E-state index contributed by atoms with van der Waals surface area (Å²) in [6, 6.07) is 9.76. The third-order valence-corrected chi connectivity index (χ3v) is 4.16. The smallest absolute Gasteiger partial charge is 0.274 e. The van der Waals surface area contributed by atoms with E-state index >= 15 is 0 Å². The highest BCUT2D eigenvalue weighted by Crippen LogP contribution is 2.23. The summed E-state index contributed by atoms with van der Waals surface area (Å²) in [6.07, 6.45) is 2.69. The van der Waals surface area contributed by atoms with E-state index in [1.807, 2.05) is 25.1 Å². The van der Waals surface area contributed by atoms with Gasteiger partial charge in [0.1, 0.15) is 5.69 Å². The van der Waals surface area contributed by atoms with Gasteiger partial charge in [-0.1, -0.05) is 6.92 Å². The number of amides is 1. The van der Waals surface area contributed by atoms with Gasteiger partial charge < -0.3 is 15.5 Å². The Morgan fingerprint density at radius 3 is 2.52 bits per heavy atom. The lowest BCUT2D eigenvalue weighted by Gasteiger charge is -2.22. The van der Waals surface area contributed by atoms with Gasteiger partial charge in [-0.05, 0) is 63.1 Å². The molecule has 134 valence electrons. The molecular weight excluding hydrogens is 312 g/mol. The molecule has 2 rings (SSSR count). The van der Waals surface area contributed by atoms with Crippen LogP contribution in [0.25, 0.3) is 0 Å². The van der Waals surface area contributed by atoms with Crippen molar-refractivity contribution in [2.45, 2.75) is 34.1 Å². The first-order chi connectivity index (χ1) is 12.1. The Bertz CT molecular complexity index is 711. The number of rotatable bonds is 8. The molecule has 0 saturated heterocycles. The number of aryl methyl sites for hydroxylation is 1. The van der Waals surface area contributed by atoms with Crippen molar-refractivity contribution in [1.29, 1.82) is 0 Å². The van der Waals surface area contributed by atoms with Crippen LogP contribution in [0.4, 0.5) is 17.1 Å². The van der Waals surface area contributed by atoms with Crippen molar-refractivity contribution < 1.29 is 4.79 Å². The average molecular weight is 340 g/mol. The number of pyridine rings is 1. The lowest BCUT2D eigenvalue weighted by molar-refractivity contribution is 0.102. The molecule has 0 atom stereocenters. The Labute approximate surface area is 150 Å². The maximum absolute atomic E-state index is 12.5. The molecule has 0 aliphatic carbocycles. The lowest BCUT2D eigenvalue weighted by Crippen LogP contribution is -2.22. The zero-order valence-corrected chi connectivity index (χ0v) is 15.6. The zero-order valence-electron chi connectivity index (χ0n) is 15.6. The summed E-state index contributed by atoms with van der Waals surface area (Å²) in [6.45, 7) is 11.2. The van der Waals surface area contributed by atoms with Gasteiger partial charge in [0.15, 0.2) is 0 Å².